The Bertz CT molecular complexity index is 2870. The van der Waals surface area contributed by atoms with Crippen molar-refractivity contribution in [2.24, 2.45) is 0 Å². The quantitative estimate of drug-likeness (QED) is 0.179. The molecule has 240 valence electrons. The van der Waals surface area contributed by atoms with Crippen molar-refractivity contribution < 1.29 is 8.83 Å². The second kappa shape index (κ2) is 11.9. The minimum atomic E-state index is 0.575. The Hall–Kier alpha value is -6.91. The minimum absolute atomic E-state index is 0.575. The van der Waals surface area contributed by atoms with Gasteiger partial charge in [0, 0.05) is 38.8 Å². The number of nitrogens with zero attached hydrogens (tertiary/aromatic N) is 2. The Morgan fingerprint density at radius 2 is 1.10 bits per heavy atom. The average Bonchev–Trinajstić information content (AvgIpc) is 3.81. The SMILES string of the molecule is c1ccc(-c2ccccc2N(c2ccc(-c3cccc4nc(-c5cccc6oc7ccccc7c56)oc34)cc2)c2ccc3ccccc3c2)cc1. The van der Waals surface area contributed by atoms with Crippen LogP contribution >= 0.6 is 0 Å². The molecule has 4 nitrogen and oxygen atoms in total. The van der Waals surface area contributed by atoms with Crippen LogP contribution in [0.25, 0.3) is 77.5 Å². The van der Waals surface area contributed by atoms with Crippen LogP contribution in [0.4, 0.5) is 17.1 Å². The molecule has 2 heterocycles. The van der Waals surface area contributed by atoms with Crippen molar-refractivity contribution in [3.05, 3.63) is 182 Å². The van der Waals surface area contributed by atoms with Gasteiger partial charge >= 0.3 is 0 Å². The number of rotatable bonds is 6. The molecule has 10 rings (SSSR count). The Morgan fingerprint density at radius 3 is 2.00 bits per heavy atom. The van der Waals surface area contributed by atoms with E-state index in [0.29, 0.717) is 5.89 Å². The Balaban J connectivity index is 1.09. The maximum atomic E-state index is 6.62. The molecule has 10 aromatic rings. The molecule has 0 aliphatic heterocycles. The molecule has 0 N–H and O–H groups in total. The summed E-state index contributed by atoms with van der Waals surface area (Å²) in [5, 5.41) is 4.46. The zero-order valence-electron chi connectivity index (χ0n) is 27.5. The van der Waals surface area contributed by atoms with Crippen molar-refractivity contribution in [3.8, 4) is 33.7 Å². The lowest BCUT2D eigenvalue weighted by Gasteiger charge is -2.28. The summed E-state index contributed by atoms with van der Waals surface area (Å²) in [7, 11) is 0. The van der Waals surface area contributed by atoms with Crippen LogP contribution in [-0.2, 0) is 0 Å². The number of anilines is 3. The molecular formula is C47H30N2O2. The van der Waals surface area contributed by atoms with Crippen LogP contribution in [0.3, 0.4) is 0 Å². The highest BCUT2D eigenvalue weighted by Gasteiger charge is 2.20. The van der Waals surface area contributed by atoms with Crippen molar-refractivity contribution >= 4 is 60.9 Å². The van der Waals surface area contributed by atoms with E-state index in [4.69, 9.17) is 13.8 Å². The predicted molar refractivity (Wildman–Crippen MR) is 210 cm³/mol. The van der Waals surface area contributed by atoms with Crippen LogP contribution in [0.1, 0.15) is 0 Å². The molecule has 4 heteroatoms. The molecule has 0 radical (unpaired) electrons. The van der Waals surface area contributed by atoms with E-state index < -0.39 is 0 Å². The van der Waals surface area contributed by atoms with Gasteiger partial charge in [-0.3, -0.25) is 0 Å². The highest BCUT2D eigenvalue weighted by molar-refractivity contribution is 6.12. The molecule has 0 unspecified atom stereocenters. The first kappa shape index (κ1) is 29.0. The molecule has 2 aromatic heterocycles. The molecule has 0 fully saturated rings. The molecule has 8 aromatic carbocycles. The zero-order valence-corrected chi connectivity index (χ0v) is 27.5. The Kier molecular flexibility index (Phi) is 6.78. The third-order valence-electron chi connectivity index (χ3n) is 9.71. The van der Waals surface area contributed by atoms with Crippen LogP contribution < -0.4 is 4.90 Å². The van der Waals surface area contributed by atoms with Crippen LogP contribution in [0.5, 0.6) is 0 Å². The first-order chi connectivity index (χ1) is 25.3. The summed E-state index contributed by atoms with van der Waals surface area (Å²) < 4.78 is 12.8. The third kappa shape index (κ3) is 4.96. The van der Waals surface area contributed by atoms with Crippen LogP contribution in [-0.4, -0.2) is 4.98 Å². The number of aromatic nitrogens is 1. The smallest absolute Gasteiger partial charge is 0.228 e. The van der Waals surface area contributed by atoms with Crippen molar-refractivity contribution in [1.29, 1.82) is 0 Å². The summed E-state index contributed by atoms with van der Waals surface area (Å²) in [6.45, 7) is 0. The number of hydrogen-bond donors (Lipinski definition) is 0. The Labute approximate surface area is 294 Å². The Morgan fingerprint density at radius 1 is 0.431 bits per heavy atom. The lowest BCUT2D eigenvalue weighted by molar-refractivity contribution is 0.621. The average molecular weight is 655 g/mol. The van der Waals surface area contributed by atoms with Gasteiger partial charge in [0.1, 0.15) is 16.7 Å². The molecule has 0 aliphatic rings. The van der Waals surface area contributed by atoms with Gasteiger partial charge in [0.2, 0.25) is 5.89 Å². The first-order valence-electron chi connectivity index (χ1n) is 17.1. The van der Waals surface area contributed by atoms with E-state index in [1.807, 2.05) is 42.5 Å². The second-order valence-corrected chi connectivity index (χ2v) is 12.7. The van der Waals surface area contributed by atoms with Crippen LogP contribution in [0, 0.1) is 0 Å². The number of fused-ring (bicyclic) bond motifs is 5. The maximum Gasteiger partial charge on any atom is 0.228 e. The van der Waals surface area contributed by atoms with E-state index in [-0.39, 0.29) is 0 Å². The van der Waals surface area contributed by atoms with Gasteiger partial charge in [-0.15, -0.1) is 0 Å². The van der Waals surface area contributed by atoms with E-state index in [0.717, 1.165) is 72.4 Å². The normalized spacial score (nSPS) is 11.5. The standard InChI is InChI=1S/C47H30N2O2/c1-2-13-32(14-3-1)37-16-6-8-21-42(37)49(36-29-24-31-12-4-5-15-34(31)30-36)35-27-25-33(26-28-35)38-18-10-20-41-46(38)51-47(48-41)40-19-11-23-44-45(40)39-17-7-9-22-43(39)50-44/h1-30H. The van der Waals surface area contributed by atoms with E-state index in [1.54, 1.807) is 0 Å². The van der Waals surface area contributed by atoms with E-state index in [1.165, 1.54) is 16.3 Å². The maximum absolute atomic E-state index is 6.62. The van der Waals surface area contributed by atoms with Crippen LogP contribution in [0.2, 0.25) is 0 Å². The van der Waals surface area contributed by atoms with Gasteiger partial charge in [0.15, 0.2) is 5.58 Å². The topological polar surface area (TPSA) is 42.4 Å². The summed E-state index contributed by atoms with van der Waals surface area (Å²) in [5.74, 6) is 0.575. The summed E-state index contributed by atoms with van der Waals surface area (Å²) in [4.78, 5) is 7.33. The molecule has 0 atom stereocenters. The van der Waals surface area contributed by atoms with Crippen molar-refractivity contribution in [3.63, 3.8) is 0 Å². The molecule has 0 aliphatic carbocycles. The number of para-hydroxylation sites is 3. The fourth-order valence-corrected chi connectivity index (χ4v) is 7.31. The number of oxazole rings is 1. The van der Waals surface area contributed by atoms with Crippen molar-refractivity contribution in [1.82, 2.24) is 4.98 Å². The number of benzene rings is 8. The van der Waals surface area contributed by atoms with Crippen molar-refractivity contribution in [2.75, 3.05) is 4.90 Å². The van der Waals surface area contributed by atoms with Gasteiger partial charge < -0.3 is 13.7 Å². The van der Waals surface area contributed by atoms with E-state index in [9.17, 15) is 0 Å². The molecule has 0 spiro atoms. The van der Waals surface area contributed by atoms with Gasteiger partial charge in [-0.1, -0.05) is 127 Å². The van der Waals surface area contributed by atoms with E-state index >= 15 is 0 Å². The fourth-order valence-electron chi connectivity index (χ4n) is 7.31. The number of furan rings is 1. The molecular weight excluding hydrogens is 625 g/mol. The second-order valence-electron chi connectivity index (χ2n) is 12.7. The van der Waals surface area contributed by atoms with Gasteiger partial charge in [-0.25, -0.2) is 4.98 Å². The summed E-state index contributed by atoms with van der Waals surface area (Å²) in [6.07, 6.45) is 0. The predicted octanol–water partition coefficient (Wildman–Crippen LogP) is 13.4. The molecule has 0 bridgehead atoms. The van der Waals surface area contributed by atoms with E-state index in [2.05, 4.69) is 144 Å². The molecule has 51 heavy (non-hydrogen) atoms. The third-order valence-corrected chi connectivity index (χ3v) is 9.71. The lowest BCUT2D eigenvalue weighted by Crippen LogP contribution is -2.11. The van der Waals surface area contributed by atoms with Crippen molar-refractivity contribution in [2.45, 2.75) is 0 Å². The zero-order chi connectivity index (χ0) is 33.7. The monoisotopic (exact) mass is 654 g/mol. The van der Waals surface area contributed by atoms with Gasteiger partial charge in [0.05, 0.1) is 5.69 Å². The van der Waals surface area contributed by atoms with Gasteiger partial charge in [-0.2, -0.15) is 0 Å². The lowest BCUT2D eigenvalue weighted by atomic mass is 10.0. The minimum Gasteiger partial charge on any atom is -0.456 e. The summed E-state index contributed by atoms with van der Waals surface area (Å²) in [5.41, 5.74) is 11.8. The van der Waals surface area contributed by atoms with Crippen LogP contribution in [0.15, 0.2) is 191 Å². The first-order valence-corrected chi connectivity index (χ1v) is 17.1. The van der Waals surface area contributed by atoms with Gasteiger partial charge in [0.25, 0.3) is 0 Å². The molecule has 0 saturated heterocycles. The summed E-state index contributed by atoms with van der Waals surface area (Å²) in [6, 6.07) is 63.4. The largest absolute Gasteiger partial charge is 0.456 e. The summed E-state index contributed by atoms with van der Waals surface area (Å²) >= 11 is 0. The highest BCUT2D eigenvalue weighted by atomic mass is 16.4. The molecule has 0 saturated carbocycles. The highest BCUT2D eigenvalue weighted by Crippen LogP contribution is 2.43. The fraction of sp³-hybridized carbons (Fsp3) is 0. The number of hydrogen-bond acceptors (Lipinski definition) is 4. The molecule has 0 amide bonds. The van der Waals surface area contributed by atoms with Gasteiger partial charge in [-0.05, 0) is 76.5 Å².